The Morgan fingerprint density at radius 3 is 1.25 bits per heavy atom. The minimum absolute atomic E-state index is 0. The van der Waals surface area contributed by atoms with Gasteiger partial charge in [-0.1, -0.05) is 0 Å². The quantitative estimate of drug-likeness (QED) is 0.345. The van der Waals surface area contributed by atoms with Crippen LogP contribution < -0.4 is 0 Å². The maximum atomic E-state index is 3.25. The van der Waals surface area contributed by atoms with Crippen molar-refractivity contribution in [1.29, 1.82) is 0 Å². The summed E-state index contributed by atoms with van der Waals surface area (Å²) in [7, 11) is 0. The Kier molecular flexibility index (Phi) is 146. The predicted octanol–water partition coefficient (Wildman–Crippen LogP) is 0.896. The van der Waals surface area contributed by atoms with Gasteiger partial charge in [0, 0.05) is 0 Å². The molecule has 0 aromatic carbocycles. The van der Waals surface area contributed by atoms with Gasteiger partial charge >= 0.3 is 22.4 Å². The Morgan fingerprint density at radius 2 is 1.25 bits per heavy atom. The van der Waals surface area contributed by atoms with E-state index in [-0.39, 0.29) is 32.3 Å². The molecule has 2 heteroatoms. The summed E-state index contributed by atoms with van der Waals surface area (Å²) in [5, 5.41) is 0. The number of rotatable bonds is 0. The summed E-state index contributed by atoms with van der Waals surface area (Å²) < 4.78 is 0. The standard InChI is InChI=1S/C2H5.Au.H3P/c1-2;;/h1H2,2H3;;1H3/q-1;+1;. The fourth-order valence-corrected chi connectivity index (χ4v) is 0. The van der Waals surface area contributed by atoms with Crippen LogP contribution in [0, 0.1) is 6.92 Å². The van der Waals surface area contributed by atoms with Crippen molar-refractivity contribution >= 4 is 9.90 Å². The molecule has 0 N–H and O–H groups in total. The molecule has 0 saturated heterocycles. The van der Waals surface area contributed by atoms with Crippen molar-refractivity contribution in [1.82, 2.24) is 0 Å². The average Bonchev–Trinajstić information content (AvgIpc) is 1.00. The Balaban J connectivity index is -0.00000000500. The fraction of sp³-hybridized carbons (Fsp3) is 0.500. The second-order valence-electron chi connectivity index (χ2n) is 0. The van der Waals surface area contributed by atoms with Crippen LogP contribution in [0.5, 0.6) is 0 Å². The molecule has 1 atom stereocenters. The van der Waals surface area contributed by atoms with Gasteiger partial charge in [0.05, 0.1) is 0 Å². The molecular weight excluding hydrogens is 252 g/mol. The van der Waals surface area contributed by atoms with Gasteiger partial charge in [0.1, 0.15) is 0 Å². The summed E-state index contributed by atoms with van der Waals surface area (Å²) in [6, 6.07) is 0. The van der Waals surface area contributed by atoms with Crippen LogP contribution in [0.15, 0.2) is 0 Å². The van der Waals surface area contributed by atoms with Crippen LogP contribution in [0.4, 0.5) is 0 Å². The van der Waals surface area contributed by atoms with E-state index < -0.39 is 0 Å². The van der Waals surface area contributed by atoms with E-state index in [1.54, 1.807) is 6.92 Å². The maximum Gasteiger partial charge on any atom is 1.00 e. The first-order valence-electron chi connectivity index (χ1n) is 0.707. The zero-order valence-corrected chi connectivity index (χ0v) is 6.30. The zero-order valence-electron chi connectivity index (χ0n) is 2.72. The predicted molar refractivity (Wildman–Crippen MR) is 22.1 cm³/mol. The van der Waals surface area contributed by atoms with Crippen LogP contribution in [0.25, 0.3) is 0 Å². The Morgan fingerprint density at radius 1 is 1.25 bits per heavy atom. The molecule has 0 rings (SSSR count). The van der Waals surface area contributed by atoms with Gasteiger partial charge in [-0.3, -0.25) is 0 Å². The monoisotopic (exact) mass is 260 g/mol. The van der Waals surface area contributed by atoms with E-state index in [1.165, 1.54) is 0 Å². The van der Waals surface area contributed by atoms with E-state index >= 15 is 0 Å². The third-order valence-corrected chi connectivity index (χ3v) is 0. The van der Waals surface area contributed by atoms with Crippen molar-refractivity contribution in [3.8, 4) is 0 Å². The van der Waals surface area contributed by atoms with Crippen molar-refractivity contribution in [3.63, 3.8) is 0 Å². The Labute approximate surface area is 46.5 Å². The summed E-state index contributed by atoms with van der Waals surface area (Å²) >= 11 is 0. The first kappa shape index (κ1) is 19.1. The van der Waals surface area contributed by atoms with Crippen molar-refractivity contribution in [2.24, 2.45) is 0 Å². The smallest absolute Gasteiger partial charge is 0.346 e. The molecule has 4 heavy (non-hydrogen) atoms. The van der Waals surface area contributed by atoms with Gasteiger partial charge in [0.2, 0.25) is 0 Å². The van der Waals surface area contributed by atoms with Gasteiger partial charge in [-0.25, -0.2) is 0 Å². The summed E-state index contributed by atoms with van der Waals surface area (Å²) in [5.74, 6) is 0. The molecule has 0 aliphatic heterocycles. The molecule has 0 aromatic heterocycles. The summed E-state index contributed by atoms with van der Waals surface area (Å²) in [6.07, 6.45) is 0. The molecule has 0 fully saturated rings. The SMILES string of the molecule is P.[Au+].[CH2-]C. The van der Waals surface area contributed by atoms with Gasteiger partial charge in [-0.15, -0.1) is 0 Å². The van der Waals surface area contributed by atoms with Crippen molar-refractivity contribution in [3.05, 3.63) is 6.92 Å². The molecule has 32 valence electrons. The molecule has 0 radical (unpaired) electrons. The van der Waals surface area contributed by atoms with Crippen LogP contribution >= 0.6 is 9.90 Å². The van der Waals surface area contributed by atoms with Crippen LogP contribution in [-0.2, 0) is 22.4 Å². The largest absolute Gasteiger partial charge is 1.00 e. The van der Waals surface area contributed by atoms with E-state index in [0.717, 1.165) is 0 Å². The molecule has 0 aliphatic rings. The minimum atomic E-state index is 0. The van der Waals surface area contributed by atoms with Crippen LogP contribution in [0.3, 0.4) is 0 Å². The number of hydrogen-bond donors (Lipinski definition) is 0. The van der Waals surface area contributed by atoms with E-state index in [2.05, 4.69) is 6.92 Å². The molecule has 0 heterocycles. The van der Waals surface area contributed by atoms with Crippen molar-refractivity contribution in [2.75, 3.05) is 0 Å². The molecule has 0 bridgehead atoms. The van der Waals surface area contributed by atoms with Gasteiger partial charge in [0.25, 0.3) is 0 Å². The molecule has 0 spiro atoms. The summed E-state index contributed by atoms with van der Waals surface area (Å²) in [4.78, 5) is 0. The van der Waals surface area contributed by atoms with E-state index in [9.17, 15) is 0 Å². The molecule has 1 unspecified atom stereocenters. The minimum Gasteiger partial charge on any atom is -0.346 e. The first-order valence-corrected chi connectivity index (χ1v) is 0.707. The average molecular weight is 260 g/mol. The molecule has 0 nitrogen and oxygen atoms in total. The van der Waals surface area contributed by atoms with E-state index in [1.807, 2.05) is 0 Å². The second kappa shape index (κ2) is 30.6. The fourth-order valence-electron chi connectivity index (χ4n) is 0. The van der Waals surface area contributed by atoms with Crippen LogP contribution in [0.1, 0.15) is 6.92 Å². The maximum absolute atomic E-state index is 3.25. The normalized spacial score (nSPS) is 1.50. The molecule has 0 aliphatic carbocycles. The third-order valence-electron chi connectivity index (χ3n) is 0. The Hall–Kier alpha value is 1.17. The molecule has 0 saturated carbocycles. The Bertz CT molecular complexity index is 6.00. The van der Waals surface area contributed by atoms with Crippen molar-refractivity contribution in [2.45, 2.75) is 6.92 Å². The molecule has 0 aromatic rings. The van der Waals surface area contributed by atoms with E-state index in [0.29, 0.717) is 0 Å². The van der Waals surface area contributed by atoms with Gasteiger partial charge in [-0.2, -0.15) is 16.8 Å². The van der Waals surface area contributed by atoms with Gasteiger partial charge in [0.15, 0.2) is 0 Å². The first-order chi connectivity index (χ1) is 1.00. The summed E-state index contributed by atoms with van der Waals surface area (Å²) in [5.41, 5.74) is 0. The summed E-state index contributed by atoms with van der Waals surface area (Å²) in [6.45, 7) is 5.00. The molecular formula is C2H8AuP. The van der Waals surface area contributed by atoms with Crippen molar-refractivity contribution < 1.29 is 22.4 Å². The number of hydrogen-bond acceptors (Lipinski definition) is 0. The third kappa shape index (κ3) is 10.9. The second-order valence-corrected chi connectivity index (χ2v) is 0. The van der Waals surface area contributed by atoms with Crippen LogP contribution in [0.2, 0.25) is 0 Å². The topological polar surface area (TPSA) is 0 Å². The van der Waals surface area contributed by atoms with Crippen LogP contribution in [-0.4, -0.2) is 0 Å². The molecule has 0 amide bonds. The van der Waals surface area contributed by atoms with E-state index in [4.69, 9.17) is 0 Å². The zero-order chi connectivity index (χ0) is 2.00. The van der Waals surface area contributed by atoms with Gasteiger partial charge in [-0.05, 0) is 0 Å². The van der Waals surface area contributed by atoms with Gasteiger partial charge < -0.3 is 6.92 Å².